The molecule has 3 aromatic heterocycles. The summed E-state index contributed by atoms with van der Waals surface area (Å²) in [6.07, 6.45) is 6.31. The minimum absolute atomic E-state index is 0. The minimum Gasteiger partial charge on any atom is -0.511 e. The van der Waals surface area contributed by atoms with E-state index < -0.39 is 5.69 Å². The Balaban J connectivity index is 0.00000176. The first-order chi connectivity index (χ1) is 18.0. The molecule has 39 heavy (non-hydrogen) atoms. The molecule has 10 heteroatoms. The van der Waals surface area contributed by atoms with E-state index in [0.29, 0.717) is 28.1 Å². The summed E-state index contributed by atoms with van der Waals surface area (Å²) in [7, 11) is 0. The van der Waals surface area contributed by atoms with Gasteiger partial charge in [-0.1, -0.05) is 24.6 Å². The van der Waals surface area contributed by atoms with Crippen LogP contribution in [0.3, 0.4) is 0 Å². The van der Waals surface area contributed by atoms with Gasteiger partial charge in [-0.2, -0.15) is 32.0 Å². The van der Waals surface area contributed by atoms with E-state index in [-0.39, 0.29) is 38.8 Å². The Morgan fingerprint density at radius 2 is 1.92 bits per heavy atom. The second kappa shape index (κ2) is 12.0. The summed E-state index contributed by atoms with van der Waals surface area (Å²) in [5.41, 5.74) is 8.60. The van der Waals surface area contributed by atoms with E-state index >= 15 is 0 Å². The van der Waals surface area contributed by atoms with Gasteiger partial charge in [0.15, 0.2) is 0 Å². The molecule has 1 fully saturated rings. The number of para-hydroxylation sites is 1. The van der Waals surface area contributed by atoms with Crippen LogP contribution in [0, 0.1) is 12.8 Å². The minimum atomic E-state index is -0.396. The maximum absolute atomic E-state index is 13.4. The summed E-state index contributed by atoms with van der Waals surface area (Å²) in [6, 6.07) is 17.2. The number of nitrogens with two attached hydrogens (primary N) is 1. The molecule has 7 nitrogen and oxygen atoms in total. The highest BCUT2D eigenvalue weighted by atomic mass is 32.1. The highest BCUT2D eigenvalue weighted by molar-refractivity contribution is 7.59. The van der Waals surface area contributed by atoms with E-state index in [4.69, 9.17) is 10.5 Å². The largest absolute Gasteiger partial charge is 0.511 e. The second-order valence-corrected chi connectivity index (χ2v) is 10.8. The lowest BCUT2D eigenvalue weighted by molar-refractivity contribution is 0.308. The lowest BCUT2D eigenvalue weighted by Gasteiger charge is -2.26. The lowest BCUT2D eigenvalue weighted by atomic mass is 9.84. The smallest absolute Gasteiger partial charge is 0.353 e. The van der Waals surface area contributed by atoms with Crippen molar-refractivity contribution in [2.45, 2.75) is 45.1 Å². The maximum Gasteiger partial charge on any atom is 0.353 e. The molecule has 204 valence electrons. The summed E-state index contributed by atoms with van der Waals surface area (Å²) in [4.78, 5) is 23.2. The van der Waals surface area contributed by atoms with Crippen LogP contribution >= 0.6 is 38.3 Å². The van der Waals surface area contributed by atoms with Crippen LogP contribution in [0.1, 0.15) is 37.7 Å². The highest BCUT2D eigenvalue weighted by Crippen LogP contribution is 2.31. The number of aliphatic hydroxyl groups is 1. The number of benzene rings is 2. The van der Waals surface area contributed by atoms with Gasteiger partial charge in [-0.3, -0.25) is 4.57 Å². The molecule has 2 aromatic carbocycles. The molecule has 0 radical (unpaired) electrons. The number of ether oxygens (including phenoxy) is 1. The fourth-order valence-electron chi connectivity index (χ4n) is 5.41. The predicted molar refractivity (Wildman–Crippen MR) is 168 cm³/mol. The van der Waals surface area contributed by atoms with Gasteiger partial charge in [0.1, 0.15) is 27.6 Å². The number of aryl methyl sites for hydroxylation is 1. The summed E-state index contributed by atoms with van der Waals surface area (Å²) >= 11 is 1.39. The normalized spacial score (nSPS) is 17.9. The third-order valence-corrected chi connectivity index (χ3v) is 8.28. The van der Waals surface area contributed by atoms with E-state index in [2.05, 4.69) is 9.97 Å². The van der Waals surface area contributed by atoms with Gasteiger partial charge in [-0.05, 0) is 74.1 Å². The highest BCUT2D eigenvalue weighted by Gasteiger charge is 2.23. The van der Waals surface area contributed by atoms with Crippen LogP contribution in [0.2, 0.25) is 0 Å². The van der Waals surface area contributed by atoms with Crippen molar-refractivity contribution in [2.24, 2.45) is 11.7 Å². The zero-order chi connectivity index (χ0) is 25.5. The monoisotopic (exact) mass is 580 g/mol. The number of thiophene rings is 1. The Morgan fingerprint density at radius 1 is 1.13 bits per heavy atom. The van der Waals surface area contributed by atoms with Gasteiger partial charge in [0.05, 0.1) is 21.1 Å². The predicted octanol–water partition coefficient (Wildman–Crippen LogP) is 5.61. The Labute approximate surface area is 244 Å². The zero-order valence-corrected chi connectivity index (χ0v) is 24.4. The van der Waals surface area contributed by atoms with Crippen LogP contribution in [0.15, 0.2) is 65.6 Å². The van der Waals surface area contributed by atoms with Gasteiger partial charge >= 0.3 is 5.69 Å². The molecule has 0 aliphatic heterocycles. The second-order valence-electron chi connectivity index (χ2n) is 9.83. The third kappa shape index (κ3) is 5.65. The van der Waals surface area contributed by atoms with Crippen LogP contribution in [0.5, 0.6) is 11.5 Å². The molecular formula is C29H32N4O3S3. The number of hydrogen-bond acceptors (Lipinski definition) is 7. The van der Waals surface area contributed by atoms with Gasteiger partial charge in [-0.15, -0.1) is 11.3 Å². The molecular weight excluding hydrogens is 549 g/mol. The Morgan fingerprint density at radius 3 is 2.67 bits per heavy atom. The first kappa shape index (κ1) is 28.9. The van der Waals surface area contributed by atoms with E-state index in [1.807, 2.05) is 61.5 Å². The number of nitrogens with zero attached hydrogens (tertiary/aromatic N) is 3. The van der Waals surface area contributed by atoms with Crippen LogP contribution in [0.4, 0.5) is 0 Å². The first-order valence-corrected chi connectivity index (χ1v) is 13.4. The summed E-state index contributed by atoms with van der Waals surface area (Å²) in [6.45, 7) is 1.95. The third-order valence-electron chi connectivity index (χ3n) is 7.14. The SMILES string of the molecule is Cc1cc(Oc2ccccc2)ccc1-n1c(=O)nc2c(=C(O)C[C@H]3CCC[C@H](N)C3)sc3nccc1c32.S.S. The molecule has 0 unspecified atom stereocenters. The van der Waals surface area contributed by atoms with Gasteiger partial charge in [0.2, 0.25) is 0 Å². The number of hydrogen-bond donors (Lipinski definition) is 2. The van der Waals surface area contributed by atoms with Crippen LogP contribution in [-0.2, 0) is 0 Å². The zero-order valence-electron chi connectivity index (χ0n) is 21.6. The quantitative estimate of drug-likeness (QED) is 0.280. The van der Waals surface area contributed by atoms with Crippen molar-refractivity contribution in [1.29, 1.82) is 0 Å². The van der Waals surface area contributed by atoms with Crippen LogP contribution in [0.25, 0.3) is 32.7 Å². The van der Waals surface area contributed by atoms with Crippen molar-refractivity contribution in [2.75, 3.05) is 0 Å². The molecule has 2 atom stereocenters. The van der Waals surface area contributed by atoms with Crippen molar-refractivity contribution in [1.82, 2.24) is 14.5 Å². The van der Waals surface area contributed by atoms with Crippen molar-refractivity contribution in [3.8, 4) is 17.2 Å². The van der Waals surface area contributed by atoms with Gasteiger partial charge in [-0.25, -0.2) is 9.78 Å². The number of rotatable bonds is 5. The standard InChI is InChI=1S/C29H28N4O3S.2H2S/c1-17-14-21(36-20-8-3-2-4-9-20)10-11-22(17)33-23-12-13-31-28-25(23)26(32-29(33)35)27(37-28)24(34)16-18-6-5-7-19(30)15-18;;/h2-4,8-14,18-19,34H,5-7,15-16,30H2,1H3;2*1H2/t18-,19-;;/m0../s1. The number of aliphatic hydroxyl groups excluding tert-OH is 1. The average molecular weight is 581 g/mol. The maximum atomic E-state index is 13.4. The molecule has 0 bridgehead atoms. The molecule has 1 saturated carbocycles. The van der Waals surface area contributed by atoms with Gasteiger partial charge < -0.3 is 15.6 Å². The Kier molecular flexibility index (Phi) is 8.90. The van der Waals surface area contributed by atoms with Crippen molar-refractivity contribution in [3.63, 3.8) is 0 Å². The average Bonchev–Trinajstić information content (AvgIpc) is 3.25. The summed E-state index contributed by atoms with van der Waals surface area (Å²) in [5.74, 6) is 2.04. The van der Waals surface area contributed by atoms with Crippen molar-refractivity contribution >= 4 is 65.3 Å². The summed E-state index contributed by atoms with van der Waals surface area (Å²) < 4.78 is 8.21. The molecule has 3 N–H and O–H groups in total. The molecule has 5 aromatic rings. The number of aromatic nitrogens is 3. The van der Waals surface area contributed by atoms with Crippen molar-refractivity contribution < 1.29 is 9.84 Å². The van der Waals surface area contributed by atoms with E-state index in [9.17, 15) is 9.90 Å². The van der Waals surface area contributed by atoms with Gasteiger partial charge in [0.25, 0.3) is 0 Å². The van der Waals surface area contributed by atoms with Crippen LogP contribution < -0.4 is 20.7 Å². The lowest BCUT2D eigenvalue weighted by Crippen LogP contribution is -2.28. The molecule has 1 aliphatic carbocycles. The molecule has 1 aliphatic rings. The van der Waals surface area contributed by atoms with Crippen molar-refractivity contribution in [3.05, 3.63) is 81.4 Å². The molecule has 3 heterocycles. The van der Waals surface area contributed by atoms with E-state index in [1.54, 1.807) is 10.8 Å². The Bertz CT molecular complexity index is 1720. The molecule has 0 spiro atoms. The van der Waals surface area contributed by atoms with E-state index in [1.165, 1.54) is 11.3 Å². The van der Waals surface area contributed by atoms with Crippen LogP contribution in [-0.4, -0.2) is 25.7 Å². The topological polar surface area (TPSA) is 103 Å². The Hall–Kier alpha value is -3.05. The fourth-order valence-corrected chi connectivity index (χ4v) is 6.47. The van der Waals surface area contributed by atoms with E-state index in [0.717, 1.165) is 58.4 Å². The summed E-state index contributed by atoms with van der Waals surface area (Å²) in [5, 5.41) is 11.9. The molecule has 0 saturated heterocycles. The van der Waals surface area contributed by atoms with Gasteiger partial charge in [0, 0.05) is 18.7 Å². The number of pyridine rings is 1. The molecule has 0 amide bonds. The fraction of sp³-hybridized carbons (Fsp3) is 0.276. The molecule has 6 rings (SSSR count). The first-order valence-electron chi connectivity index (χ1n) is 12.6.